The van der Waals surface area contributed by atoms with Crippen LogP contribution in [0.3, 0.4) is 0 Å². The number of anilines is 1. The van der Waals surface area contributed by atoms with Gasteiger partial charge >= 0.3 is 5.97 Å². The Bertz CT molecular complexity index is 663. The number of amides is 1. The molecule has 2 aromatic rings. The number of rotatable bonds is 4. The first-order chi connectivity index (χ1) is 9.45. The highest BCUT2D eigenvalue weighted by molar-refractivity contribution is 5.92. The van der Waals surface area contributed by atoms with Crippen LogP contribution >= 0.6 is 0 Å². The maximum absolute atomic E-state index is 11.9. The summed E-state index contributed by atoms with van der Waals surface area (Å²) in [6.07, 6.45) is 1.34. The van der Waals surface area contributed by atoms with Gasteiger partial charge in [0, 0.05) is 11.9 Å². The fourth-order valence-corrected chi connectivity index (χ4v) is 1.79. The summed E-state index contributed by atoms with van der Waals surface area (Å²) in [7, 11) is 0. The van der Waals surface area contributed by atoms with Gasteiger partial charge in [-0.3, -0.25) is 9.48 Å². The van der Waals surface area contributed by atoms with E-state index in [-0.39, 0.29) is 23.8 Å². The van der Waals surface area contributed by atoms with E-state index in [1.165, 1.54) is 18.3 Å². The molecule has 0 radical (unpaired) electrons. The highest BCUT2D eigenvalue weighted by Crippen LogP contribution is 2.07. The molecule has 0 saturated carbocycles. The number of carboxylic acids is 1. The van der Waals surface area contributed by atoms with E-state index in [0.29, 0.717) is 0 Å². The first kappa shape index (κ1) is 13.7. The Labute approximate surface area is 115 Å². The normalized spacial score (nSPS) is 10.3. The zero-order valence-corrected chi connectivity index (χ0v) is 11.1. The third-order valence-electron chi connectivity index (χ3n) is 2.67. The molecule has 0 aliphatic carbocycles. The summed E-state index contributed by atoms with van der Waals surface area (Å²) >= 11 is 0. The third-order valence-corrected chi connectivity index (χ3v) is 2.67. The van der Waals surface area contributed by atoms with Gasteiger partial charge in [0.05, 0.1) is 11.3 Å². The van der Waals surface area contributed by atoms with Crippen molar-refractivity contribution in [1.82, 2.24) is 14.8 Å². The number of aryl methyl sites for hydroxylation is 2. The Morgan fingerprint density at radius 1 is 1.35 bits per heavy atom. The molecule has 0 bridgehead atoms. The van der Waals surface area contributed by atoms with Crippen molar-refractivity contribution in [3.05, 3.63) is 41.3 Å². The summed E-state index contributed by atoms with van der Waals surface area (Å²) in [5, 5.41) is 15.6. The van der Waals surface area contributed by atoms with Gasteiger partial charge in [-0.2, -0.15) is 5.10 Å². The molecule has 7 heteroatoms. The highest BCUT2D eigenvalue weighted by atomic mass is 16.4. The lowest BCUT2D eigenvalue weighted by atomic mass is 10.2. The Hall–Kier alpha value is -2.70. The van der Waals surface area contributed by atoms with Gasteiger partial charge < -0.3 is 10.4 Å². The summed E-state index contributed by atoms with van der Waals surface area (Å²) in [5.41, 5.74) is 1.78. The molecule has 7 nitrogen and oxygen atoms in total. The number of aromatic nitrogens is 3. The second-order valence-electron chi connectivity index (χ2n) is 4.37. The van der Waals surface area contributed by atoms with E-state index >= 15 is 0 Å². The van der Waals surface area contributed by atoms with Crippen molar-refractivity contribution in [2.45, 2.75) is 20.4 Å². The Morgan fingerprint density at radius 3 is 2.70 bits per heavy atom. The smallest absolute Gasteiger partial charge is 0.335 e. The minimum atomic E-state index is -1.07. The van der Waals surface area contributed by atoms with E-state index in [1.54, 1.807) is 4.68 Å². The lowest BCUT2D eigenvalue weighted by Gasteiger charge is -2.06. The largest absolute Gasteiger partial charge is 0.478 e. The first-order valence-corrected chi connectivity index (χ1v) is 5.96. The number of hydrogen-bond acceptors (Lipinski definition) is 4. The summed E-state index contributed by atoms with van der Waals surface area (Å²) in [4.78, 5) is 26.6. The van der Waals surface area contributed by atoms with Crippen LogP contribution in [-0.2, 0) is 11.3 Å². The molecule has 2 aromatic heterocycles. The maximum Gasteiger partial charge on any atom is 0.335 e. The van der Waals surface area contributed by atoms with Crippen molar-refractivity contribution in [2.24, 2.45) is 0 Å². The molecular weight excluding hydrogens is 260 g/mol. The van der Waals surface area contributed by atoms with Crippen LogP contribution in [0.1, 0.15) is 21.7 Å². The van der Waals surface area contributed by atoms with E-state index in [9.17, 15) is 9.59 Å². The first-order valence-electron chi connectivity index (χ1n) is 5.96. The van der Waals surface area contributed by atoms with Gasteiger partial charge in [-0.15, -0.1) is 0 Å². The molecule has 20 heavy (non-hydrogen) atoms. The van der Waals surface area contributed by atoms with Crippen LogP contribution in [0.5, 0.6) is 0 Å². The summed E-state index contributed by atoms with van der Waals surface area (Å²) in [6.45, 7) is 3.76. The molecule has 2 heterocycles. The van der Waals surface area contributed by atoms with Crippen LogP contribution in [0.4, 0.5) is 5.82 Å². The quantitative estimate of drug-likeness (QED) is 0.874. The van der Waals surface area contributed by atoms with Crippen LogP contribution in [0.15, 0.2) is 24.4 Å². The van der Waals surface area contributed by atoms with Gasteiger partial charge in [0.25, 0.3) is 0 Å². The lowest BCUT2D eigenvalue weighted by molar-refractivity contribution is -0.117. The van der Waals surface area contributed by atoms with E-state index in [4.69, 9.17) is 5.11 Å². The number of carbonyl (C=O) groups excluding carboxylic acids is 1. The molecule has 1 amide bonds. The van der Waals surface area contributed by atoms with E-state index in [2.05, 4.69) is 15.4 Å². The van der Waals surface area contributed by atoms with E-state index in [1.807, 2.05) is 19.9 Å². The summed E-state index contributed by atoms with van der Waals surface area (Å²) < 4.78 is 1.58. The SMILES string of the molecule is Cc1cc(C)n(CC(=O)Nc2cc(C(=O)O)ccn2)n1. The molecule has 0 unspecified atom stereocenters. The number of nitrogens with one attached hydrogen (secondary N) is 1. The second-order valence-corrected chi connectivity index (χ2v) is 4.37. The Kier molecular flexibility index (Phi) is 3.79. The van der Waals surface area contributed by atoms with Crippen molar-refractivity contribution >= 4 is 17.7 Å². The summed E-state index contributed by atoms with van der Waals surface area (Å²) in [6, 6.07) is 4.54. The van der Waals surface area contributed by atoms with Crippen LogP contribution in [0.25, 0.3) is 0 Å². The second kappa shape index (κ2) is 5.52. The number of aromatic carboxylic acids is 1. The topological polar surface area (TPSA) is 97.1 Å². The molecule has 0 fully saturated rings. The van der Waals surface area contributed by atoms with Crippen molar-refractivity contribution in [1.29, 1.82) is 0 Å². The minimum Gasteiger partial charge on any atom is -0.478 e. The van der Waals surface area contributed by atoms with Crippen LogP contribution < -0.4 is 5.32 Å². The van der Waals surface area contributed by atoms with Gasteiger partial charge in [0.15, 0.2) is 0 Å². The van der Waals surface area contributed by atoms with Crippen LogP contribution in [0, 0.1) is 13.8 Å². The van der Waals surface area contributed by atoms with Crippen molar-refractivity contribution in [3.63, 3.8) is 0 Å². The van der Waals surface area contributed by atoms with Gasteiger partial charge in [0.2, 0.25) is 5.91 Å². The molecule has 0 aliphatic heterocycles. The van der Waals surface area contributed by atoms with Crippen molar-refractivity contribution in [3.8, 4) is 0 Å². The Morgan fingerprint density at radius 2 is 2.10 bits per heavy atom. The monoisotopic (exact) mass is 274 g/mol. The zero-order chi connectivity index (χ0) is 14.7. The van der Waals surface area contributed by atoms with E-state index in [0.717, 1.165) is 11.4 Å². The van der Waals surface area contributed by atoms with Gasteiger partial charge in [0.1, 0.15) is 12.4 Å². The van der Waals surface area contributed by atoms with Crippen molar-refractivity contribution in [2.75, 3.05) is 5.32 Å². The van der Waals surface area contributed by atoms with Gasteiger partial charge in [-0.1, -0.05) is 0 Å². The average Bonchev–Trinajstić information content (AvgIpc) is 2.67. The minimum absolute atomic E-state index is 0.0542. The lowest BCUT2D eigenvalue weighted by Crippen LogP contribution is -2.21. The molecule has 0 aromatic carbocycles. The van der Waals surface area contributed by atoms with E-state index < -0.39 is 5.97 Å². The summed E-state index contributed by atoms with van der Waals surface area (Å²) in [5.74, 6) is -1.18. The molecule has 2 N–H and O–H groups in total. The molecule has 0 aliphatic rings. The van der Waals surface area contributed by atoms with Crippen molar-refractivity contribution < 1.29 is 14.7 Å². The number of pyridine rings is 1. The number of carbonyl (C=O) groups is 2. The fraction of sp³-hybridized carbons (Fsp3) is 0.231. The number of nitrogens with zero attached hydrogens (tertiary/aromatic N) is 3. The molecule has 2 rings (SSSR count). The fourth-order valence-electron chi connectivity index (χ4n) is 1.79. The molecule has 0 saturated heterocycles. The molecular formula is C13H14N4O3. The molecule has 0 atom stereocenters. The molecule has 0 spiro atoms. The predicted molar refractivity (Wildman–Crippen MR) is 71.5 cm³/mol. The van der Waals surface area contributed by atoms with Crippen LogP contribution in [0.2, 0.25) is 0 Å². The zero-order valence-electron chi connectivity index (χ0n) is 11.1. The van der Waals surface area contributed by atoms with Gasteiger partial charge in [-0.25, -0.2) is 9.78 Å². The average molecular weight is 274 g/mol. The van der Waals surface area contributed by atoms with Crippen LogP contribution in [-0.4, -0.2) is 31.7 Å². The Balaban J connectivity index is 2.06. The van der Waals surface area contributed by atoms with Gasteiger partial charge in [-0.05, 0) is 32.0 Å². The maximum atomic E-state index is 11.9. The number of carboxylic acid groups (broad SMARTS) is 1. The standard InChI is InChI=1S/C13H14N4O3/c1-8-5-9(2)17(16-8)7-12(18)15-11-6-10(13(19)20)3-4-14-11/h3-6H,7H2,1-2H3,(H,19,20)(H,14,15,18). The molecule has 104 valence electrons. The third kappa shape index (κ3) is 3.19. The predicted octanol–water partition coefficient (Wildman–Crippen LogP) is 1.23. The highest BCUT2D eigenvalue weighted by Gasteiger charge is 2.10. The number of hydrogen-bond donors (Lipinski definition) is 2.